The highest BCUT2D eigenvalue weighted by Crippen LogP contribution is 2.38. The van der Waals surface area contributed by atoms with Crippen molar-refractivity contribution in [3.8, 4) is 0 Å². The normalized spacial score (nSPS) is 17.5. The Labute approximate surface area is 161 Å². The van der Waals surface area contributed by atoms with Gasteiger partial charge in [-0.2, -0.15) is 0 Å². The van der Waals surface area contributed by atoms with Crippen molar-refractivity contribution in [3.63, 3.8) is 0 Å². The van der Waals surface area contributed by atoms with Crippen molar-refractivity contribution in [2.24, 2.45) is 0 Å². The van der Waals surface area contributed by atoms with Gasteiger partial charge < -0.3 is 10.2 Å². The number of rotatable bonds is 4. The van der Waals surface area contributed by atoms with Crippen LogP contribution in [0.15, 0.2) is 35.7 Å². The molecule has 3 rings (SSSR count). The van der Waals surface area contributed by atoms with Crippen LogP contribution < -0.4 is 5.32 Å². The number of nitrogens with zero attached hydrogens (tertiary/aromatic N) is 1. The van der Waals surface area contributed by atoms with Crippen LogP contribution in [0, 0.1) is 0 Å². The van der Waals surface area contributed by atoms with Crippen LogP contribution in [0.4, 0.5) is 0 Å². The van der Waals surface area contributed by atoms with Crippen LogP contribution in [-0.2, 0) is 16.6 Å². The molecule has 0 unspecified atom stereocenters. The number of amides is 1. The summed E-state index contributed by atoms with van der Waals surface area (Å²) in [6.07, 6.45) is 0.969. The molecule has 2 N–H and O–H groups in total. The molecule has 2 aromatic rings. The van der Waals surface area contributed by atoms with Crippen molar-refractivity contribution in [3.05, 3.63) is 57.3 Å². The fourth-order valence-corrected chi connectivity index (χ4v) is 4.47. The minimum Gasteiger partial charge on any atom is -0.336 e. The van der Waals surface area contributed by atoms with Crippen LogP contribution in [0.3, 0.4) is 0 Å². The van der Waals surface area contributed by atoms with Gasteiger partial charge >= 0.3 is 0 Å². The Morgan fingerprint density at radius 1 is 1.23 bits per heavy atom. The van der Waals surface area contributed by atoms with Crippen molar-refractivity contribution in [1.82, 2.24) is 4.90 Å². The Hall–Kier alpha value is -1.65. The average Bonchev–Trinajstić information content (AvgIpc) is 3.06. The van der Waals surface area contributed by atoms with Crippen LogP contribution in [0.2, 0.25) is 0 Å². The van der Waals surface area contributed by atoms with Gasteiger partial charge in [-0.15, -0.1) is 11.3 Å². The molecule has 0 radical (unpaired) electrons. The predicted octanol–water partition coefficient (Wildman–Crippen LogP) is 3.49. The van der Waals surface area contributed by atoms with Crippen LogP contribution in [-0.4, -0.2) is 29.9 Å². The van der Waals surface area contributed by atoms with E-state index in [0.717, 1.165) is 13.0 Å². The molecule has 0 saturated carbocycles. The first-order valence-electron chi connectivity index (χ1n) is 9.57. The number of carbonyl (C=O) groups is 1. The largest absolute Gasteiger partial charge is 0.336 e. The molecule has 26 heavy (non-hydrogen) atoms. The van der Waals surface area contributed by atoms with Gasteiger partial charge in [0.1, 0.15) is 0 Å². The number of fused-ring (bicyclic) bond motifs is 1. The quantitative estimate of drug-likeness (QED) is 0.878. The molecule has 1 atom stereocenters. The molecule has 2 heterocycles. The zero-order chi connectivity index (χ0) is 18.9. The van der Waals surface area contributed by atoms with Gasteiger partial charge in [0.25, 0.3) is 5.91 Å². The van der Waals surface area contributed by atoms with Gasteiger partial charge in [0.2, 0.25) is 0 Å². The van der Waals surface area contributed by atoms with Crippen molar-refractivity contribution in [2.75, 3.05) is 13.1 Å². The minimum absolute atomic E-state index is 0.0482. The number of hydrogen-bond donors (Lipinski definition) is 1. The summed E-state index contributed by atoms with van der Waals surface area (Å²) in [6, 6.07) is 11.6. The molecule has 1 aromatic carbocycles. The number of hydrogen-bond acceptors (Lipinski definition) is 2. The summed E-state index contributed by atoms with van der Waals surface area (Å²) in [4.78, 5) is 16.4. The molecule has 1 amide bonds. The van der Waals surface area contributed by atoms with Crippen molar-refractivity contribution in [2.45, 2.75) is 58.5 Å². The topological polar surface area (TPSA) is 36.9 Å². The standard InChI is InChI=1S/C22H30N2OS/c1-15(2)23-14-20(25)24-12-10-19-18(11-13-26-19)21(24)16-6-8-17(9-7-16)22(3,4)5/h6-9,11,13,15,21,23H,10,12,14H2,1-5H3/p+1/t21-/m0/s1. The van der Waals surface area contributed by atoms with E-state index in [1.54, 1.807) is 0 Å². The lowest BCUT2D eigenvalue weighted by atomic mass is 9.85. The molecule has 0 aliphatic carbocycles. The van der Waals surface area contributed by atoms with Gasteiger partial charge in [-0.25, -0.2) is 0 Å². The molecule has 1 aromatic heterocycles. The Bertz CT molecular complexity index is 755. The highest BCUT2D eigenvalue weighted by atomic mass is 32.1. The third kappa shape index (κ3) is 4.02. The maximum atomic E-state index is 12.9. The molecule has 0 bridgehead atoms. The van der Waals surface area contributed by atoms with Crippen molar-refractivity contribution in [1.29, 1.82) is 0 Å². The molecule has 0 spiro atoms. The summed E-state index contributed by atoms with van der Waals surface area (Å²) >= 11 is 1.82. The number of thiophene rings is 1. The van der Waals surface area contributed by atoms with Gasteiger partial charge in [-0.3, -0.25) is 4.79 Å². The Balaban J connectivity index is 1.92. The first-order valence-corrected chi connectivity index (χ1v) is 10.4. The van der Waals surface area contributed by atoms with E-state index >= 15 is 0 Å². The first-order chi connectivity index (χ1) is 12.3. The number of nitrogens with two attached hydrogens (primary N) is 1. The molecule has 0 fully saturated rings. The van der Waals surface area contributed by atoms with E-state index in [-0.39, 0.29) is 17.4 Å². The second-order valence-corrected chi connectivity index (χ2v) is 9.60. The van der Waals surface area contributed by atoms with E-state index in [4.69, 9.17) is 0 Å². The molecule has 1 aliphatic rings. The van der Waals surface area contributed by atoms with Crippen LogP contribution >= 0.6 is 11.3 Å². The Morgan fingerprint density at radius 2 is 1.92 bits per heavy atom. The minimum atomic E-state index is 0.0482. The lowest BCUT2D eigenvalue weighted by Gasteiger charge is -2.36. The molecule has 140 valence electrons. The third-order valence-corrected chi connectivity index (χ3v) is 6.14. The van der Waals surface area contributed by atoms with Gasteiger partial charge in [0.15, 0.2) is 6.54 Å². The SMILES string of the molecule is CC(C)[NH2+]CC(=O)N1CCc2sccc2[C@@H]1c1ccc(C(C)(C)C)cc1. The fraction of sp³-hybridized carbons (Fsp3) is 0.500. The zero-order valence-electron chi connectivity index (χ0n) is 16.6. The predicted molar refractivity (Wildman–Crippen MR) is 109 cm³/mol. The van der Waals surface area contributed by atoms with E-state index in [0.29, 0.717) is 12.6 Å². The van der Waals surface area contributed by atoms with Crippen molar-refractivity contribution < 1.29 is 10.1 Å². The molecule has 3 nitrogen and oxygen atoms in total. The summed E-state index contributed by atoms with van der Waals surface area (Å²) in [7, 11) is 0. The fourth-order valence-electron chi connectivity index (χ4n) is 3.56. The lowest BCUT2D eigenvalue weighted by Crippen LogP contribution is -2.90. The maximum Gasteiger partial charge on any atom is 0.278 e. The zero-order valence-corrected chi connectivity index (χ0v) is 17.4. The van der Waals surface area contributed by atoms with E-state index < -0.39 is 0 Å². The van der Waals surface area contributed by atoms with Gasteiger partial charge in [-0.05, 0) is 53.8 Å². The maximum absolute atomic E-state index is 12.9. The first kappa shape index (κ1) is 19.1. The second-order valence-electron chi connectivity index (χ2n) is 8.59. The lowest BCUT2D eigenvalue weighted by molar-refractivity contribution is -0.673. The highest BCUT2D eigenvalue weighted by molar-refractivity contribution is 7.10. The third-order valence-electron chi connectivity index (χ3n) is 5.14. The van der Waals surface area contributed by atoms with Crippen LogP contribution in [0.1, 0.15) is 62.2 Å². The number of quaternary nitrogens is 1. The summed E-state index contributed by atoms with van der Waals surface area (Å²) < 4.78 is 0. The monoisotopic (exact) mass is 371 g/mol. The summed E-state index contributed by atoms with van der Waals surface area (Å²) in [5.74, 6) is 0.237. The van der Waals surface area contributed by atoms with Gasteiger partial charge in [0.05, 0.1) is 12.1 Å². The van der Waals surface area contributed by atoms with Crippen LogP contribution in [0.25, 0.3) is 0 Å². The van der Waals surface area contributed by atoms with Gasteiger partial charge in [-0.1, -0.05) is 45.0 Å². The summed E-state index contributed by atoms with van der Waals surface area (Å²) in [5, 5.41) is 4.28. The van der Waals surface area contributed by atoms with E-state index in [1.807, 2.05) is 11.3 Å². The van der Waals surface area contributed by atoms with E-state index in [2.05, 4.69) is 80.5 Å². The van der Waals surface area contributed by atoms with E-state index in [1.165, 1.54) is 21.6 Å². The highest BCUT2D eigenvalue weighted by Gasteiger charge is 2.33. The number of carbonyl (C=O) groups excluding carboxylic acids is 1. The molecule has 4 heteroatoms. The summed E-state index contributed by atoms with van der Waals surface area (Å²) in [5.41, 5.74) is 3.99. The Morgan fingerprint density at radius 3 is 2.54 bits per heavy atom. The smallest absolute Gasteiger partial charge is 0.278 e. The molecule has 1 aliphatic heterocycles. The van der Waals surface area contributed by atoms with E-state index in [9.17, 15) is 4.79 Å². The van der Waals surface area contributed by atoms with Crippen LogP contribution in [0.5, 0.6) is 0 Å². The second kappa shape index (κ2) is 7.53. The summed E-state index contributed by atoms with van der Waals surface area (Å²) in [6.45, 7) is 12.3. The van der Waals surface area contributed by atoms with Gasteiger partial charge in [0, 0.05) is 11.4 Å². The Kier molecular flexibility index (Phi) is 5.54. The number of benzene rings is 1. The molecular formula is C22H31N2OS+. The molecular weight excluding hydrogens is 340 g/mol. The molecule has 0 saturated heterocycles. The average molecular weight is 372 g/mol. The van der Waals surface area contributed by atoms with Crippen molar-refractivity contribution >= 4 is 17.2 Å².